The first kappa shape index (κ1) is 23.1. The van der Waals surface area contributed by atoms with Crippen LogP contribution >= 0.6 is 15.9 Å². The van der Waals surface area contributed by atoms with Crippen LogP contribution in [0.4, 0.5) is 5.82 Å². The Kier molecular flexibility index (Phi) is 6.76. The lowest BCUT2D eigenvalue weighted by Gasteiger charge is -2.31. The van der Waals surface area contributed by atoms with E-state index in [9.17, 15) is 4.21 Å². The van der Waals surface area contributed by atoms with Gasteiger partial charge in [-0.25, -0.2) is 13.5 Å². The van der Waals surface area contributed by atoms with Crippen molar-refractivity contribution in [3.05, 3.63) is 65.0 Å². The Labute approximate surface area is 210 Å². The van der Waals surface area contributed by atoms with Crippen molar-refractivity contribution < 1.29 is 4.21 Å². The van der Waals surface area contributed by atoms with Crippen LogP contribution in [-0.2, 0) is 11.0 Å². The summed E-state index contributed by atoms with van der Waals surface area (Å²) in [7, 11) is -0.893. The van der Waals surface area contributed by atoms with Gasteiger partial charge in [0.25, 0.3) is 0 Å². The molecule has 1 aliphatic rings. The van der Waals surface area contributed by atoms with Crippen molar-refractivity contribution in [1.29, 1.82) is 0 Å². The summed E-state index contributed by atoms with van der Waals surface area (Å²) < 4.78 is 16.9. The molecule has 1 saturated heterocycles. The highest BCUT2D eigenvalue weighted by molar-refractivity contribution is 9.10. The number of fused-ring (bicyclic) bond motifs is 1. The molecule has 0 spiro atoms. The molecule has 9 heteroatoms. The number of piperidine rings is 1. The van der Waals surface area contributed by atoms with E-state index in [0.717, 1.165) is 76.3 Å². The minimum absolute atomic E-state index is 0.248. The van der Waals surface area contributed by atoms with E-state index in [1.165, 1.54) is 0 Å². The molecule has 0 aliphatic carbocycles. The van der Waals surface area contributed by atoms with Gasteiger partial charge in [0.05, 0.1) is 33.0 Å². The lowest BCUT2D eigenvalue weighted by Crippen LogP contribution is -2.35. The number of hydrogen-bond donors (Lipinski definition) is 1. The Morgan fingerprint density at radius 2 is 1.85 bits per heavy atom. The van der Waals surface area contributed by atoms with E-state index in [2.05, 4.69) is 37.2 Å². The Hall–Kier alpha value is -2.62. The zero-order valence-corrected chi connectivity index (χ0v) is 21.4. The molecule has 7 nitrogen and oxygen atoms in total. The average molecular weight is 540 g/mol. The molecule has 0 bridgehead atoms. The normalized spacial score (nSPS) is 16.2. The van der Waals surface area contributed by atoms with Crippen LogP contribution < -0.4 is 5.73 Å². The standard InChI is InChI=1S/C25H27BrN6OS/c1-2-14-34(33)31-12-10-18(11-13-31)23-22(26)24(27)32-25(30-23)20(16-29-32)19-8-9-21(28-15-19)17-6-4-3-5-7-17/h3-9,15-16,18H,2,10-14,27H2,1H3. The van der Waals surface area contributed by atoms with E-state index in [1.807, 2.05) is 48.7 Å². The van der Waals surface area contributed by atoms with Crippen LogP contribution in [0.3, 0.4) is 0 Å². The molecule has 2 N–H and O–H groups in total. The second-order valence-corrected chi connectivity index (χ2v) is 10.9. The Morgan fingerprint density at radius 1 is 1.09 bits per heavy atom. The van der Waals surface area contributed by atoms with Crippen molar-refractivity contribution in [3.63, 3.8) is 0 Å². The molecular formula is C25H27BrN6OS. The van der Waals surface area contributed by atoms with Crippen LogP contribution in [0, 0.1) is 0 Å². The summed E-state index contributed by atoms with van der Waals surface area (Å²) in [5.74, 6) is 1.51. The monoisotopic (exact) mass is 538 g/mol. The predicted octanol–water partition coefficient (Wildman–Crippen LogP) is 5.06. The molecule has 0 radical (unpaired) electrons. The van der Waals surface area contributed by atoms with Crippen molar-refractivity contribution in [2.24, 2.45) is 0 Å². The second-order valence-electron chi connectivity index (χ2n) is 8.52. The molecule has 4 aromatic rings. The molecule has 4 heterocycles. The molecule has 1 unspecified atom stereocenters. The molecule has 1 aliphatic heterocycles. The predicted molar refractivity (Wildman–Crippen MR) is 141 cm³/mol. The topological polar surface area (TPSA) is 89.4 Å². The van der Waals surface area contributed by atoms with Gasteiger partial charge in [-0.05, 0) is 41.3 Å². The van der Waals surface area contributed by atoms with Crippen LogP contribution in [0.1, 0.15) is 37.8 Å². The summed E-state index contributed by atoms with van der Waals surface area (Å²) in [6.45, 7) is 3.67. The number of rotatable bonds is 6. The maximum Gasteiger partial charge on any atom is 0.165 e. The third-order valence-electron chi connectivity index (χ3n) is 6.30. The Balaban J connectivity index is 1.45. The van der Waals surface area contributed by atoms with Gasteiger partial charge in [0.15, 0.2) is 5.65 Å². The fraction of sp³-hybridized carbons (Fsp3) is 0.320. The van der Waals surface area contributed by atoms with Gasteiger partial charge in [0.2, 0.25) is 0 Å². The summed E-state index contributed by atoms with van der Waals surface area (Å²) in [5, 5.41) is 4.50. The van der Waals surface area contributed by atoms with E-state index in [4.69, 9.17) is 10.7 Å². The number of halogens is 1. The molecule has 1 aromatic carbocycles. The Bertz CT molecular complexity index is 1320. The zero-order valence-electron chi connectivity index (χ0n) is 19.0. The van der Waals surface area contributed by atoms with Gasteiger partial charge in [-0.15, -0.1) is 0 Å². The second kappa shape index (κ2) is 9.93. The van der Waals surface area contributed by atoms with Gasteiger partial charge in [-0.3, -0.25) is 4.98 Å². The molecule has 3 aromatic heterocycles. The lowest BCUT2D eigenvalue weighted by molar-refractivity contribution is 0.330. The van der Waals surface area contributed by atoms with E-state index in [0.29, 0.717) is 5.82 Å². The van der Waals surface area contributed by atoms with E-state index < -0.39 is 11.0 Å². The van der Waals surface area contributed by atoms with Gasteiger partial charge in [0.1, 0.15) is 5.82 Å². The first-order valence-electron chi connectivity index (χ1n) is 11.5. The van der Waals surface area contributed by atoms with Crippen LogP contribution in [0.2, 0.25) is 0 Å². The smallest absolute Gasteiger partial charge is 0.165 e. The summed E-state index contributed by atoms with van der Waals surface area (Å²) in [4.78, 5) is 9.70. The largest absolute Gasteiger partial charge is 0.383 e. The SMILES string of the molecule is CCCS(=O)N1CCC(c2nc3c(-c4ccc(-c5ccccc5)nc4)cnn3c(N)c2Br)CC1. The summed E-state index contributed by atoms with van der Waals surface area (Å²) in [5.41, 5.74) is 12.0. The summed E-state index contributed by atoms with van der Waals surface area (Å²) >= 11 is 3.67. The number of nitrogens with two attached hydrogens (primary N) is 1. The first-order chi connectivity index (χ1) is 16.6. The quantitative estimate of drug-likeness (QED) is 0.370. The maximum absolute atomic E-state index is 12.4. The number of pyridine rings is 1. The highest BCUT2D eigenvalue weighted by atomic mass is 79.9. The van der Waals surface area contributed by atoms with Crippen LogP contribution in [0.5, 0.6) is 0 Å². The fourth-order valence-corrected chi connectivity index (χ4v) is 6.26. The molecule has 1 fully saturated rings. The van der Waals surface area contributed by atoms with Gasteiger partial charge in [0, 0.05) is 47.6 Å². The van der Waals surface area contributed by atoms with E-state index in [-0.39, 0.29) is 5.92 Å². The molecule has 34 heavy (non-hydrogen) atoms. The van der Waals surface area contributed by atoms with Crippen LogP contribution in [0.25, 0.3) is 28.0 Å². The summed E-state index contributed by atoms with van der Waals surface area (Å²) in [6.07, 6.45) is 6.38. The number of hydrogen-bond acceptors (Lipinski definition) is 5. The third-order valence-corrected chi connectivity index (χ3v) is 8.81. The van der Waals surface area contributed by atoms with Gasteiger partial charge in [-0.2, -0.15) is 9.61 Å². The van der Waals surface area contributed by atoms with Gasteiger partial charge < -0.3 is 5.73 Å². The van der Waals surface area contributed by atoms with Crippen molar-refractivity contribution >= 4 is 38.4 Å². The van der Waals surface area contributed by atoms with Crippen molar-refractivity contribution in [1.82, 2.24) is 23.9 Å². The van der Waals surface area contributed by atoms with E-state index >= 15 is 0 Å². The van der Waals surface area contributed by atoms with Crippen LogP contribution in [-0.4, -0.2) is 46.9 Å². The summed E-state index contributed by atoms with van der Waals surface area (Å²) in [6, 6.07) is 14.2. The van der Waals surface area contributed by atoms with Gasteiger partial charge in [-0.1, -0.05) is 43.3 Å². The molecular weight excluding hydrogens is 512 g/mol. The number of aromatic nitrogens is 4. The van der Waals surface area contributed by atoms with E-state index in [1.54, 1.807) is 10.7 Å². The van der Waals surface area contributed by atoms with Crippen LogP contribution in [0.15, 0.2) is 59.3 Å². The molecule has 176 valence electrons. The lowest BCUT2D eigenvalue weighted by atomic mass is 9.94. The fourth-order valence-electron chi connectivity index (χ4n) is 4.46. The number of nitrogen functional groups attached to an aromatic ring is 1. The van der Waals surface area contributed by atoms with Crippen molar-refractivity contribution in [2.45, 2.75) is 32.1 Å². The third kappa shape index (κ3) is 4.39. The Morgan fingerprint density at radius 3 is 2.53 bits per heavy atom. The highest BCUT2D eigenvalue weighted by Crippen LogP contribution is 2.37. The number of benzene rings is 1. The minimum atomic E-state index is -0.893. The maximum atomic E-state index is 12.4. The molecule has 0 amide bonds. The van der Waals surface area contributed by atoms with Crippen molar-refractivity contribution in [3.8, 4) is 22.4 Å². The minimum Gasteiger partial charge on any atom is -0.383 e. The zero-order chi connectivity index (χ0) is 23.7. The first-order valence-corrected chi connectivity index (χ1v) is 13.6. The number of nitrogens with zero attached hydrogens (tertiary/aromatic N) is 5. The molecule has 1 atom stereocenters. The van der Waals surface area contributed by atoms with Crippen molar-refractivity contribution in [2.75, 3.05) is 24.6 Å². The number of anilines is 1. The highest BCUT2D eigenvalue weighted by Gasteiger charge is 2.28. The molecule has 5 rings (SSSR count). The average Bonchev–Trinajstić information content (AvgIpc) is 3.31. The molecule has 0 saturated carbocycles. The van der Waals surface area contributed by atoms with Gasteiger partial charge >= 0.3 is 0 Å².